The average molecular weight is 288 g/mol. The molecule has 1 aromatic rings. The van der Waals surface area contributed by atoms with Gasteiger partial charge >= 0.3 is 0 Å². The zero-order valence-electron chi connectivity index (χ0n) is 13.8. The van der Waals surface area contributed by atoms with Crippen molar-refractivity contribution in [3.63, 3.8) is 0 Å². The summed E-state index contributed by atoms with van der Waals surface area (Å²) in [6.45, 7) is 10.8. The Bertz CT molecular complexity index is 510. The highest BCUT2D eigenvalue weighted by Crippen LogP contribution is 2.37. The molecule has 4 heteroatoms. The van der Waals surface area contributed by atoms with E-state index in [1.54, 1.807) is 0 Å². The van der Waals surface area contributed by atoms with E-state index in [1.165, 1.54) is 25.7 Å². The third kappa shape index (κ3) is 3.47. The molecule has 21 heavy (non-hydrogen) atoms. The second-order valence-electron chi connectivity index (χ2n) is 7.92. The number of nitrogen functional groups attached to an aromatic ring is 1. The lowest BCUT2D eigenvalue weighted by Crippen LogP contribution is -2.31. The van der Waals surface area contributed by atoms with Crippen molar-refractivity contribution in [3.05, 3.63) is 11.4 Å². The van der Waals surface area contributed by atoms with Crippen molar-refractivity contribution in [2.24, 2.45) is 11.8 Å². The van der Waals surface area contributed by atoms with Crippen LogP contribution in [0.15, 0.2) is 0 Å². The third-order valence-electron chi connectivity index (χ3n) is 4.48. The topological polar surface area (TPSA) is 55.0 Å². The van der Waals surface area contributed by atoms with Crippen LogP contribution in [0, 0.1) is 18.8 Å². The van der Waals surface area contributed by atoms with E-state index in [2.05, 4.69) is 37.6 Å². The molecule has 0 saturated heterocycles. The molecule has 2 N–H and O–H groups in total. The van der Waals surface area contributed by atoms with Gasteiger partial charge in [0, 0.05) is 24.1 Å². The first-order valence-electron chi connectivity index (χ1n) is 8.24. The van der Waals surface area contributed by atoms with E-state index in [9.17, 15) is 0 Å². The zero-order chi connectivity index (χ0) is 15.2. The van der Waals surface area contributed by atoms with Crippen LogP contribution in [0.1, 0.15) is 57.8 Å². The molecule has 2 aliphatic carbocycles. The highest BCUT2D eigenvalue weighted by Gasteiger charge is 2.31. The molecule has 1 heterocycles. The van der Waals surface area contributed by atoms with Gasteiger partial charge in [0.1, 0.15) is 17.5 Å². The van der Waals surface area contributed by atoms with Crippen LogP contribution >= 0.6 is 0 Å². The number of nitrogens with two attached hydrogens (primary N) is 1. The lowest BCUT2D eigenvalue weighted by atomic mass is 9.95. The fourth-order valence-corrected chi connectivity index (χ4v) is 2.64. The number of rotatable bonds is 5. The molecule has 0 unspecified atom stereocenters. The van der Waals surface area contributed by atoms with Crippen molar-refractivity contribution >= 4 is 11.6 Å². The van der Waals surface area contributed by atoms with E-state index < -0.39 is 0 Å². The summed E-state index contributed by atoms with van der Waals surface area (Å²) in [6, 6.07) is 0. The SMILES string of the molecule is Cc1c(N)nc(C(C)(C)C)nc1N(CC1CC1)CC1CC1. The molecule has 4 nitrogen and oxygen atoms in total. The Hall–Kier alpha value is -1.32. The van der Waals surface area contributed by atoms with Crippen LogP contribution in [0.3, 0.4) is 0 Å². The summed E-state index contributed by atoms with van der Waals surface area (Å²) in [4.78, 5) is 11.9. The van der Waals surface area contributed by atoms with Crippen molar-refractivity contribution < 1.29 is 0 Å². The minimum Gasteiger partial charge on any atom is -0.383 e. The molecule has 0 spiro atoms. The van der Waals surface area contributed by atoms with Crippen molar-refractivity contribution in [2.75, 3.05) is 23.7 Å². The Morgan fingerprint density at radius 3 is 2.00 bits per heavy atom. The Morgan fingerprint density at radius 1 is 1.05 bits per heavy atom. The molecule has 1 aromatic heterocycles. The molecule has 2 aliphatic rings. The van der Waals surface area contributed by atoms with E-state index in [1.807, 2.05) is 0 Å². The van der Waals surface area contributed by atoms with Crippen molar-refractivity contribution in [3.8, 4) is 0 Å². The van der Waals surface area contributed by atoms with Crippen molar-refractivity contribution in [1.29, 1.82) is 0 Å². The normalized spacial score (nSPS) is 18.9. The van der Waals surface area contributed by atoms with E-state index in [0.717, 1.165) is 42.1 Å². The third-order valence-corrected chi connectivity index (χ3v) is 4.48. The van der Waals surface area contributed by atoms with Crippen LogP contribution in [-0.2, 0) is 5.41 Å². The molecular formula is C17H28N4. The van der Waals surface area contributed by atoms with Crippen LogP contribution in [0.25, 0.3) is 0 Å². The van der Waals surface area contributed by atoms with Gasteiger partial charge in [0.05, 0.1) is 0 Å². The van der Waals surface area contributed by atoms with Crippen LogP contribution in [-0.4, -0.2) is 23.1 Å². The molecule has 2 saturated carbocycles. The molecular weight excluding hydrogens is 260 g/mol. The summed E-state index contributed by atoms with van der Waals surface area (Å²) in [5.41, 5.74) is 7.15. The lowest BCUT2D eigenvalue weighted by Gasteiger charge is -2.28. The van der Waals surface area contributed by atoms with Crippen LogP contribution in [0.2, 0.25) is 0 Å². The molecule has 3 rings (SSSR count). The lowest BCUT2D eigenvalue weighted by molar-refractivity contribution is 0.542. The summed E-state index contributed by atoms with van der Waals surface area (Å²) < 4.78 is 0. The summed E-state index contributed by atoms with van der Waals surface area (Å²) in [6.07, 6.45) is 5.47. The van der Waals surface area contributed by atoms with Gasteiger partial charge in [-0.05, 0) is 44.4 Å². The molecule has 0 amide bonds. The summed E-state index contributed by atoms with van der Waals surface area (Å²) in [7, 11) is 0. The minimum absolute atomic E-state index is 0.0681. The van der Waals surface area contributed by atoms with Crippen LogP contribution in [0.5, 0.6) is 0 Å². The van der Waals surface area contributed by atoms with Gasteiger partial charge in [-0.3, -0.25) is 0 Å². The summed E-state index contributed by atoms with van der Waals surface area (Å²) >= 11 is 0. The number of hydrogen-bond acceptors (Lipinski definition) is 4. The number of aromatic nitrogens is 2. The molecule has 0 atom stereocenters. The first-order chi connectivity index (χ1) is 9.84. The van der Waals surface area contributed by atoms with Crippen LogP contribution in [0.4, 0.5) is 11.6 Å². The predicted octanol–water partition coefficient (Wildman–Crippen LogP) is 3.29. The van der Waals surface area contributed by atoms with Crippen molar-refractivity contribution in [1.82, 2.24) is 9.97 Å². The fraction of sp³-hybridized carbons (Fsp3) is 0.765. The standard InChI is InChI=1S/C17H28N4/c1-11-14(18)19-16(17(2,3)4)20-15(11)21(9-12-5-6-12)10-13-7-8-13/h12-13H,5-10H2,1-4H3,(H2,18,19,20). The average Bonchev–Trinajstić information content (AvgIpc) is 3.25. The van der Waals surface area contributed by atoms with E-state index in [-0.39, 0.29) is 5.41 Å². The van der Waals surface area contributed by atoms with Gasteiger partial charge in [0.25, 0.3) is 0 Å². The van der Waals surface area contributed by atoms with E-state index >= 15 is 0 Å². The maximum atomic E-state index is 6.17. The number of anilines is 2. The molecule has 0 aliphatic heterocycles. The maximum Gasteiger partial charge on any atom is 0.138 e. The molecule has 0 aromatic carbocycles. The van der Waals surface area contributed by atoms with Gasteiger partial charge in [-0.1, -0.05) is 20.8 Å². The Balaban J connectivity index is 1.93. The molecule has 2 fully saturated rings. The largest absolute Gasteiger partial charge is 0.383 e. The Morgan fingerprint density at radius 2 is 1.57 bits per heavy atom. The van der Waals surface area contributed by atoms with Gasteiger partial charge in [-0.15, -0.1) is 0 Å². The highest BCUT2D eigenvalue weighted by atomic mass is 15.2. The van der Waals surface area contributed by atoms with Gasteiger partial charge in [0.2, 0.25) is 0 Å². The van der Waals surface area contributed by atoms with Gasteiger partial charge in [-0.25, -0.2) is 9.97 Å². The zero-order valence-corrected chi connectivity index (χ0v) is 13.8. The Kier molecular flexibility index (Phi) is 3.58. The molecule has 0 radical (unpaired) electrons. The number of nitrogens with zero attached hydrogens (tertiary/aromatic N) is 3. The minimum atomic E-state index is -0.0681. The maximum absolute atomic E-state index is 6.17. The fourth-order valence-electron chi connectivity index (χ4n) is 2.64. The summed E-state index contributed by atoms with van der Waals surface area (Å²) in [5.74, 6) is 4.29. The second kappa shape index (κ2) is 5.15. The predicted molar refractivity (Wildman–Crippen MR) is 87.5 cm³/mol. The molecule has 116 valence electrons. The van der Waals surface area contributed by atoms with Gasteiger partial charge in [-0.2, -0.15) is 0 Å². The van der Waals surface area contributed by atoms with Crippen molar-refractivity contribution in [2.45, 2.75) is 58.8 Å². The van der Waals surface area contributed by atoms with Gasteiger partial charge < -0.3 is 10.6 Å². The molecule has 0 bridgehead atoms. The smallest absolute Gasteiger partial charge is 0.138 e. The van der Waals surface area contributed by atoms with Crippen LogP contribution < -0.4 is 10.6 Å². The Labute approximate surface area is 128 Å². The monoisotopic (exact) mass is 288 g/mol. The second-order valence-corrected chi connectivity index (χ2v) is 7.92. The first-order valence-corrected chi connectivity index (χ1v) is 8.24. The van der Waals surface area contributed by atoms with E-state index in [0.29, 0.717) is 5.82 Å². The first kappa shape index (κ1) is 14.6. The summed E-state index contributed by atoms with van der Waals surface area (Å²) in [5, 5.41) is 0. The number of hydrogen-bond donors (Lipinski definition) is 1. The highest BCUT2D eigenvalue weighted by molar-refractivity contribution is 5.57. The quantitative estimate of drug-likeness (QED) is 0.903. The van der Waals surface area contributed by atoms with Gasteiger partial charge in [0.15, 0.2) is 0 Å². The van der Waals surface area contributed by atoms with E-state index in [4.69, 9.17) is 10.7 Å².